The van der Waals surface area contributed by atoms with Crippen LogP contribution in [0, 0.1) is 0 Å². The molecular weight excluding hydrogens is 338 g/mol. The number of amides is 2. The lowest BCUT2D eigenvalue weighted by Crippen LogP contribution is -2.40. The number of fused-ring (bicyclic) bond motifs is 1. The molecule has 0 saturated carbocycles. The number of likely N-dealkylation sites (N-methyl/N-ethyl adjacent to an activating group) is 1. The van der Waals surface area contributed by atoms with E-state index in [9.17, 15) is 4.79 Å². The van der Waals surface area contributed by atoms with Crippen molar-refractivity contribution in [1.82, 2.24) is 15.5 Å². The van der Waals surface area contributed by atoms with E-state index in [2.05, 4.69) is 45.2 Å². The summed E-state index contributed by atoms with van der Waals surface area (Å²) >= 11 is 3.39. The molecule has 0 radical (unpaired) electrons. The van der Waals surface area contributed by atoms with Gasteiger partial charge >= 0.3 is 6.03 Å². The molecule has 2 amide bonds. The van der Waals surface area contributed by atoms with E-state index in [1.807, 2.05) is 31.6 Å². The molecule has 0 aliphatic rings. The molecule has 3 aromatic rings. The van der Waals surface area contributed by atoms with Crippen molar-refractivity contribution >= 4 is 38.8 Å². The number of urea groups is 1. The molecule has 3 rings (SSSR count). The fraction of sp³-hybridized carbons (Fsp3) is 0.278. The van der Waals surface area contributed by atoms with Gasteiger partial charge in [-0.3, -0.25) is 0 Å². The van der Waals surface area contributed by atoms with Crippen molar-refractivity contribution < 1.29 is 4.79 Å². The van der Waals surface area contributed by atoms with Crippen molar-refractivity contribution in [3.63, 3.8) is 0 Å². The summed E-state index contributed by atoms with van der Waals surface area (Å²) in [6, 6.07) is 12.4. The largest absolute Gasteiger partial charge is 0.336 e. The molecule has 0 spiro atoms. The Hall–Kier alpha value is -1.89. The Morgan fingerprint density at radius 2 is 1.96 bits per heavy atom. The highest BCUT2D eigenvalue weighted by atomic mass is 32.1. The fourth-order valence-corrected chi connectivity index (χ4v) is 4.31. The van der Waals surface area contributed by atoms with Gasteiger partial charge in [-0.2, -0.15) is 0 Å². The highest BCUT2D eigenvalue weighted by Gasteiger charge is 2.18. The fourth-order valence-electron chi connectivity index (χ4n) is 2.66. The maximum atomic E-state index is 12.1. The molecule has 24 heavy (non-hydrogen) atoms. The molecule has 0 bridgehead atoms. The molecule has 0 aliphatic heterocycles. The van der Waals surface area contributed by atoms with Gasteiger partial charge in [0, 0.05) is 16.1 Å². The molecule has 2 heterocycles. The topological polar surface area (TPSA) is 44.4 Å². The summed E-state index contributed by atoms with van der Waals surface area (Å²) in [5, 5.41) is 11.4. The average Bonchev–Trinajstić information content (AvgIpc) is 3.23. The molecule has 2 aromatic heterocycles. The van der Waals surface area contributed by atoms with E-state index in [0.717, 1.165) is 4.88 Å². The van der Waals surface area contributed by atoms with E-state index in [-0.39, 0.29) is 12.1 Å². The maximum absolute atomic E-state index is 12.1. The van der Waals surface area contributed by atoms with E-state index >= 15 is 0 Å². The first-order valence-corrected chi connectivity index (χ1v) is 9.57. The smallest absolute Gasteiger partial charge is 0.315 e. The number of carbonyl (C=O) groups is 1. The molecule has 126 valence electrons. The summed E-state index contributed by atoms with van der Waals surface area (Å²) in [6.07, 6.45) is 0. The predicted molar refractivity (Wildman–Crippen MR) is 103 cm³/mol. The highest BCUT2D eigenvalue weighted by Crippen LogP contribution is 2.31. The number of nitrogens with one attached hydrogen (secondary N) is 2. The van der Waals surface area contributed by atoms with Gasteiger partial charge in [-0.25, -0.2) is 4.79 Å². The predicted octanol–water partition coefficient (Wildman–Crippen LogP) is 4.06. The quantitative estimate of drug-likeness (QED) is 0.697. The monoisotopic (exact) mass is 359 g/mol. The summed E-state index contributed by atoms with van der Waals surface area (Å²) in [5.74, 6) is 0. The van der Waals surface area contributed by atoms with Crippen LogP contribution >= 0.6 is 22.7 Å². The number of thiophene rings is 2. The van der Waals surface area contributed by atoms with Gasteiger partial charge in [0.2, 0.25) is 0 Å². The zero-order valence-electron chi connectivity index (χ0n) is 13.8. The van der Waals surface area contributed by atoms with Gasteiger partial charge < -0.3 is 15.5 Å². The van der Waals surface area contributed by atoms with Crippen molar-refractivity contribution in [3.05, 3.63) is 57.6 Å². The standard InChI is InChI=1S/C18H21N3OS2/c1-21(2)16(15-12-24-17-8-4-3-7-14(15)17)11-20-18(22)19-10-13-6-5-9-23-13/h3-9,12,16H,10-11H2,1-2H3,(H2,19,20,22)/t16-/m1/s1. The van der Waals surface area contributed by atoms with Crippen LogP contribution in [0.3, 0.4) is 0 Å². The van der Waals surface area contributed by atoms with Crippen LogP contribution in [-0.4, -0.2) is 31.6 Å². The first kappa shape index (κ1) is 17.0. The second-order valence-corrected chi connectivity index (χ2v) is 7.75. The van der Waals surface area contributed by atoms with Crippen molar-refractivity contribution in [2.24, 2.45) is 0 Å². The zero-order valence-corrected chi connectivity index (χ0v) is 15.4. The Labute approximate surface area is 150 Å². The summed E-state index contributed by atoms with van der Waals surface area (Å²) in [5.41, 5.74) is 1.26. The van der Waals surface area contributed by atoms with Crippen molar-refractivity contribution in [2.45, 2.75) is 12.6 Å². The third-order valence-corrected chi connectivity index (χ3v) is 5.81. The minimum Gasteiger partial charge on any atom is -0.336 e. The third kappa shape index (κ3) is 3.95. The van der Waals surface area contributed by atoms with E-state index < -0.39 is 0 Å². The minimum absolute atomic E-state index is 0.130. The van der Waals surface area contributed by atoms with Crippen LogP contribution in [0.4, 0.5) is 4.79 Å². The number of hydrogen-bond donors (Lipinski definition) is 2. The summed E-state index contributed by atoms with van der Waals surface area (Å²) in [7, 11) is 4.09. The second-order valence-electron chi connectivity index (χ2n) is 5.81. The van der Waals surface area contributed by atoms with Gasteiger partial charge in [0.15, 0.2) is 0 Å². The van der Waals surface area contributed by atoms with E-state index in [0.29, 0.717) is 13.1 Å². The first-order valence-electron chi connectivity index (χ1n) is 7.82. The number of benzene rings is 1. The van der Waals surface area contributed by atoms with Gasteiger partial charge in [-0.15, -0.1) is 22.7 Å². The summed E-state index contributed by atoms with van der Waals surface area (Å²) < 4.78 is 1.28. The summed E-state index contributed by atoms with van der Waals surface area (Å²) in [6.45, 7) is 1.14. The third-order valence-electron chi connectivity index (χ3n) is 3.95. The lowest BCUT2D eigenvalue weighted by atomic mass is 10.0. The lowest BCUT2D eigenvalue weighted by molar-refractivity contribution is 0.233. The zero-order chi connectivity index (χ0) is 16.9. The lowest BCUT2D eigenvalue weighted by Gasteiger charge is -2.24. The molecule has 0 fully saturated rings. The van der Waals surface area contributed by atoms with Crippen LogP contribution in [0.1, 0.15) is 16.5 Å². The van der Waals surface area contributed by atoms with Gasteiger partial charge in [0.05, 0.1) is 12.6 Å². The molecule has 1 aromatic carbocycles. The van der Waals surface area contributed by atoms with Gasteiger partial charge in [0.25, 0.3) is 0 Å². The van der Waals surface area contributed by atoms with Crippen LogP contribution in [-0.2, 0) is 6.54 Å². The highest BCUT2D eigenvalue weighted by molar-refractivity contribution is 7.17. The van der Waals surface area contributed by atoms with E-state index in [1.165, 1.54) is 15.6 Å². The molecule has 0 saturated heterocycles. The Kier molecular flexibility index (Phi) is 5.50. The van der Waals surface area contributed by atoms with Crippen LogP contribution in [0.5, 0.6) is 0 Å². The number of rotatable bonds is 6. The van der Waals surface area contributed by atoms with E-state index in [4.69, 9.17) is 0 Å². The van der Waals surface area contributed by atoms with Gasteiger partial charge in [-0.05, 0) is 47.9 Å². The molecule has 2 N–H and O–H groups in total. The second kappa shape index (κ2) is 7.79. The number of carbonyl (C=O) groups excluding carboxylic acids is 1. The summed E-state index contributed by atoms with van der Waals surface area (Å²) in [4.78, 5) is 15.4. The Balaban J connectivity index is 1.63. The normalized spacial score (nSPS) is 12.5. The molecule has 4 nitrogen and oxygen atoms in total. The Bertz CT molecular complexity index is 796. The molecule has 0 aliphatic carbocycles. The Morgan fingerprint density at radius 1 is 1.12 bits per heavy atom. The maximum Gasteiger partial charge on any atom is 0.315 e. The number of nitrogens with zero attached hydrogens (tertiary/aromatic N) is 1. The van der Waals surface area contributed by atoms with Gasteiger partial charge in [-0.1, -0.05) is 24.3 Å². The van der Waals surface area contributed by atoms with E-state index in [1.54, 1.807) is 22.7 Å². The Morgan fingerprint density at radius 3 is 2.71 bits per heavy atom. The SMILES string of the molecule is CN(C)[C@H](CNC(=O)NCc1cccs1)c1csc2ccccc12. The molecule has 0 unspecified atom stereocenters. The molecular formula is C18H21N3OS2. The molecule has 6 heteroatoms. The molecule has 1 atom stereocenters. The van der Waals surface area contributed by atoms with Gasteiger partial charge in [0.1, 0.15) is 0 Å². The number of hydrogen-bond acceptors (Lipinski definition) is 4. The van der Waals surface area contributed by atoms with Crippen LogP contribution in [0.25, 0.3) is 10.1 Å². The average molecular weight is 360 g/mol. The van der Waals surface area contributed by atoms with Crippen LogP contribution in [0.15, 0.2) is 47.2 Å². The first-order chi connectivity index (χ1) is 11.6. The van der Waals surface area contributed by atoms with Crippen molar-refractivity contribution in [2.75, 3.05) is 20.6 Å². The van der Waals surface area contributed by atoms with Crippen LogP contribution in [0.2, 0.25) is 0 Å². The minimum atomic E-state index is -0.130. The van der Waals surface area contributed by atoms with Crippen molar-refractivity contribution in [3.8, 4) is 0 Å². The van der Waals surface area contributed by atoms with Crippen LogP contribution < -0.4 is 10.6 Å². The van der Waals surface area contributed by atoms with Crippen molar-refractivity contribution in [1.29, 1.82) is 0 Å².